The molecule has 2 aromatic rings. The molecule has 0 aliphatic carbocycles. The Morgan fingerprint density at radius 2 is 1.81 bits per heavy atom. The number of aryl methyl sites for hydroxylation is 1. The van der Waals surface area contributed by atoms with Crippen molar-refractivity contribution in [3.8, 4) is 0 Å². The molecule has 5 nitrogen and oxygen atoms in total. The number of piperazine rings is 1. The molecule has 0 saturated carbocycles. The second-order valence-corrected chi connectivity index (χ2v) is 23.6. The van der Waals surface area contributed by atoms with E-state index in [2.05, 4.69) is 58.4 Å². The normalized spacial score (nSPS) is 20.1. The maximum absolute atomic E-state index is 13.5. The van der Waals surface area contributed by atoms with E-state index in [1.807, 2.05) is 20.9 Å². The fourth-order valence-corrected chi connectivity index (χ4v) is 8.23. The van der Waals surface area contributed by atoms with E-state index in [-0.39, 0.29) is 9.66 Å². The van der Waals surface area contributed by atoms with Crippen LogP contribution in [0.3, 0.4) is 0 Å². The van der Waals surface area contributed by atoms with Crippen molar-refractivity contribution in [3.63, 3.8) is 0 Å². The Morgan fingerprint density at radius 1 is 1.16 bits per heavy atom. The summed E-state index contributed by atoms with van der Waals surface area (Å²) in [5.41, 5.74) is 2.37. The number of anilines is 3. The van der Waals surface area contributed by atoms with Crippen LogP contribution in [-0.4, -0.2) is 53.5 Å². The third-order valence-electron chi connectivity index (χ3n) is 5.44. The van der Waals surface area contributed by atoms with E-state index >= 15 is 0 Å². The van der Waals surface area contributed by atoms with Crippen LogP contribution in [-0.2, 0) is 12.6 Å². The van der Waals surface area contributed by atoms with Gasteiger partial charge in [-0.05, 0) is 0 Å². The minimum absolute atomic E-state index is 0.192. The van der Waals surface area contributed by atoms with E-state index in [1.165, 1.54) is 0 Å². The summed E-state index contributed by atoms with van der Waals surface area (Å²) in [6, 6.07) is 7.01. The van der Waals surface area contributed by atoms with Gasteiger partial charge in [-0.15, -0.1) is 0 Å². The van der Waals surface area contributed by atoms with Gasteiger partial charge in [0.25, 0.3) is 0 Å². The van der Waals surface area contributed by atoms with E-state index in [4.69, 9.17) is 0 Å². The van der Waals surface area contributed by atoms with Crippen LogP contribution in [0.5, 0.6) is 0 Å². The van der Waals surface area contributed by atoms with Gasteiger partial charge in [-0.1, -0.05) is 0 Å². The quantitative estimate of drug-likeness (QED) is 0.545. The van der Waals surface area contributed by atoms with Gasteiger partial charge in [0.05, 0.1) is 0 Å². The molecule has 1 aliphatic rings. The third kappa shape index (κ3) is 5.83. The second kappa shape index (κ2) is 9.13. The molecule has 1 saturated heterocycles. The number of nitrogens with zero attached hydrogens (tertiary/aromatic N) is 3. The van der Waals surface area contributed by atoms with Crippen molar-refractivity contribution in [3.05, 3.63) is 35.5 Å². The number of hydrogen-bond acceptors (Lipinski definition) is 5. The molecule has 0 radical (unpaired) electrons. The molecule has 1 aromatic heterocycles. The summed E-state index contributed by atoms with van der Waals surface area (Å²) in [4.78, 5) is 16.5. The van der Waals surface area contributed by atoms with Crippen molar-refractivity contribution in [1.29, 1.82) is 0 Å². The summed E-state index contributed by atoms with van der Waals surface area (Å²) in [6.07, 6.45) is -2.72. The summed E-state index contributed by atoms with van der Waals surface area (Å²) in [6.45, 7) is 8.30. The van der Waals surface area contributed by atoms with E-state index in [0.29, 0.717) is 12.1 Å². The Hall–Kier alpha value is -1.55. The minimum atomic E-state index is -4.44. The van der Waals surface area contributed by atoms with E-state index in [0.717, 1.165) is 42.6 Å². The molecule has 0 spiro atoms. The number of nitrogens with one attached hydrogen (secondary N) is 2. The topological polar surface area (TPSA) is 53.1 Å². The predicted octanol–water partition coefficient (Wildman–Crippen LogP) is 4.53. The van der Waals surface area contributed by atoms with Crippen LogP contribution >= 0.6 is 0 Å². The summed E-state index contributed by atoms with van der Waals surface area (Å²) in [5, 5.41) is 6.71. The van der Waals surface area contributed by atoms with Gasteiger partial charge in [-0.3, -0.25) is 0 Å². The molecular formula is C22H32F3N5Sn. The van der Waals surface area contributed by atoms with E-state index < -0.39 is 30.1 Å². The van der Waals surface area contributed by atoms with Gasteiger partial charge in [0, 0.05) is 0 Å². The fourth-order valence-electron chi connectivity index (χ4n) is 4.07. The molecule has 2 unspecified atom stereocenters. The van der Waals surface area contributed by atoms with Gasteiger partial charge in [-0.2, -0.15) is 0 Å². The number of aromatic nitrogens is 2. The van der Waals surface area contributed by atoms with Gasteiger partial charge in [-0.25, -0.2) is 0 Å². The molecule has 0 amide bonds. The van der Waals surface area contributed by atoms with Crippen molar-refractivity contribution in [2.45, 2.75) is 60.3 Å². The van der Waals surface area contributed by atoms with Crippen molar-refractivity contribution in [2.75, 3.05) is 23.3 Å². The van der Waals surface area contributed by atoms with Gasteiger partial charge in [0.2, 0.25) is 0 Å². The number of alkyl halides is 3. The van der Waals surface area contributed by atoms with Crippen LogP contribution < -0.4 is 19.2 Å². The number of benzene rings is 1. The van der Waals surface area contributed by atoms with Crippen LogP contribution in [0.1, 0.15) is 31.9 Å². The molecule has 170 valence electrons. The van der Waals surface area contributed by atoms with Crippen LogP contribution in [0, 0.1) is 0 Å². The molecule has 1 fully saturated rings. The second-order valence-electron chi connectivity index (χ2n) is 9.40. The SMILES string of the molecule is CCc1cc(N2CC(C)NC(C)C2)ccc1Nc1ncc(C(F)(F)F)[c]([Sn]([CH3])([CH3])[CH3])n1. The van der Waals surface area contributed by atoms with Crippen molar-refractivity contribution in [1.82, 2.24) is 15.3 Å². The molecule has 9 heteroatoms. The first kappa shape index (κ1) is 24.1. The fraction of sp³-hybridized carbons (Fsp3) is 0.545. The number of rotatable bonds is 5. The first-order chi connectivity index (χ1) is 14.4. The zero-order chi connectivity index (χ0) is 23.0. The van der Waals surface area contributed by atoms with E-state index in [1.54, 1.807) is 0 Å². The zero-order valence-corrected chi connectivity index (χ0v) is 21.9. The Bertz CT molecular complexity index is 916. The number of hydrogen-bond donors (Lipinski definition) is 2. The van der Waals surface area contributed by atoms with Gasteiger partial charge >= 0.3 is 187 Å². The average molecular weight is 542 g/mol. The Morgan fingerprint density at radius 3 is 2.35 bits per heavy atom. The van der Waals surface area contributed by atoms with Gasteiger partial charge in [0.1, 0.15) is 0 Å². The summed E-state index contributed by atoms with van der Waals surface area (Å²) < 4.78 is 40.6. The average Bonchev–Trinajstić information content (AvgIpc) is 2.66. The van der Waals surface area contributed by atoms with Crippen LogP contribution in [0.2, 0.25) is 14.8 Å². The van der Waals surface area contributed by atoms with Crippen LogP contribution in [0.25, 0.3) is 0 Å². The summed E-state index contributed by atoms with van der Waals surface area (Å²) >= 11 is -3.13. The summed E-state index contributed by atoms with van der Waals surface area (Å²) in [5.74, 6) is 0.224. The molecule has 1 aromatic carbocycles. The standard InChI is InChI=1S/C19H23F3N5.3CH3.Sn/c1-4-14-7-16(27-10-12(2)25-13(3)11-27)5-6-17(14)26-18-23-8-15(9-24-18)19(20,21)22;;;;/h5-8,12-13,25H,4,10-11H2,1-3H3,(H,23,24,26);3*1H3;. The third-order valence-corrected chi connectivity index (χ3v) is 10.6. The first-order valence-corrected chi connectivity index (χ1v) is 20.7. The molecule has 2 atom stereocenters. The Kier molecular flexibility index (Phi) is 7.10. The first-order valence-electron chi connectivity index (χ1n) is 10.7. The van der Waals surface area contributed by atoms with Gasteiger partial charge in [0.15, 0.2) is 0 Å². The molecule has 31 heavy (non-hydrogen) atoms. The van der Waals surface area contributed by atoms with Crippen LogP contribution in [0.15, 0.2) is 24.4 Å². The maximum atomic E-state index is 13.5. The molecule has 1 aliphatic heterocycles. The zero-order valence-electron chi connectivity index (χ0n) is 19.1. The summed E-state index contributed by atoms with van der Waals surface area (Å²) in [7, 11) is 0. The molecule has 0 bridgehead atoms. The molecule has 3 rings (SSSR count). The van der Waals surface area contributed by atoms with Crippen molar-refractivity contribution in [2.24, 2.45) is 0 Å². The molecule has 2 heterocycles. The molecule has 2 N–H and O–H groups in total. The van der Waals surface area contributed by atoms with Gasteiger partial charge < -0.3 is 0 Å². The monoisotopic (exact) mass is 543 g/mol. The van der Waals surface area contributed by atoms with Crippen molar-refractivity contribution >= 4 is 39.4 Å². The van der Waals surface area contributed by atoms with E-state index in [9.17, 15) is 13.2 Å². The Labute approximate surface area is 186 Å². The van der Waals surface area contributed by atoms with Crippen LogP contribution in [0.4, 0.5) is 30.5 Å². The molecular weight excluding hydrogens is 510 g/mol. The number of halogens is 3. The van der Waals surface area contributed by atoms with Crippen molar-refractivity contribution < 1.29 is 13.2 Å². The Balaban J connectivity index is 1.90. The predicted molar refractivity (Wildman–Crippen MR) is 123 cm³/mol.